The van der Waals surface area contributed by atoms with Crippen molar-refractivity contribution in [2.24, 2.45) is 5.73 Å². The molecule has 1 saturated heterocycles. The Morgan fingerprint density at radius 2 is 1.57 bits per heavy atom. The molecular weight excluding hydrogens is 202 g/mol. The molecule has 0 aromatic heterocycles. The van der Waals surface area contributed by atoms with Crippen LogP contribution in [-0.2, 0) is 10.0 Å². The molecule has 1 aliphatic rings. The quantitative estimate of drug-likeness (QED) is 0.667. The summed E-state index contributed by atoms with van der Waals surface area (Å²) in [6, 6.07) is 0. The summed E-state index contributed by atoms with van der Waals surface area (Å²) in [6.45, 7) is 6.36. The minimum atomic E-state index is -3.03. The predicted octanol–water partition coefficient (Wildman–Crippen LogP) is -0.742. The van der Waals surface area contributed by atoms with Crippen LogP contribution in [0.4, 0.5) is 0 Å². The maximum Gasteiger partial charge on any atom is 0.211 e. The smallest absolute Gasteiger partial charge is 0.211 e. The Morgan fingerprint density at radius 3 is 1.86 bits per heavy atom. The second-order valence-electron chi connectivity index (χ2n) is 4.30. The van der Waals surface area contributed by atoms with Crippen molar-refractivity contribution in [2.75, 3.05) is 32.4 Å². The van der Waals surface area contributed by atoms with Gasteiger partial charge in [0.15, 0.2) is 0 Å². The Kier molecular flexibility index (Phi) is 3.20. The fraction of sp³-hybridized carbons (Fsp3) is 1.00. The van der Waals surface area contributed by atoms with Crippen LogP contribution in [0.5, 0.6) is 0 Å². The number of hydrogen-bond donors (Lipinski definition) is 1. The summed E-state index contributed by atoms with van der Waals surface area (Å²) in [5.74, 6) is 0. The van der Waals surface area contributed by atoms with Crippen LogP contribution in [0.3, 0.4) is 0 Å². The highest BCUT2D eigenvalue weighted by molar-refractivity contribution is 7.88. The lowest BCUT2D eigenvalue weighted by molar-refractivity contribution is 0.0840. The molecule has 0 radical (unpaired) electrons. The van der Waals surface area contributed by atoms with E-state index in [1.54, 1.807) is 0 Å². The van der Waals surface area contributed by atoms with Crippen molar-refractivity contribution in [2.45, 2.75) is 19.5 Å². The zero-order valence-electron chi connectivity index (χ0n) is 9.02. The highest BCUT2D eigenvalue weighted by Gasteiger charge is 2.29. The maximum absolute atomic E-state index is 11.2. The molecule has 0 aliphatic carbocycles. The monoisotopic (exact) mass is 221 g/mol. The van der Waals surface area contributed by atoms with E-state index in [1.165, 1.54) is 10.6 Å². The second kappa shape index (κ2) is 3.77. The molecule has 0 aromatic rings. The molecule has 0 bridgehead atoms. The van der Waals surface area contributed by atoms with E-state index >= 15 is 0 Å². The van der Waals surface area contributed by atoms with Crippen LogP contribution in [0.1, 0.15) is 13.8 Å². The van der Waals surface area contributed by atoms with Crippen LogP contribution in [0.15, 0.2) is 0 Å². The van der Waals surface area contributed by atoms with Crippen LogP contribution < -0.4 is 5.73 Å². The molecule has 1 heterocycles. The molecule has 84 valence electrons. The van der Waals surface area contributed by atoms with E-state index in [4.69, 9.17) is 5.73 Å². The first-order valence-electron chi connectivity index (χ1n) is 4.70. The average Bonchev–Trinajstić information content (AvgIpc) is 2.01. The lowest BCUT2D eigenvalue weighted by atomic mass is 10.2. The fourth-order valence-electron chi connectivity index (χ4n) is 1.60. The predicted molar refractivity (Wildman–Crippen MR) is 56.3 cm³/mol. The molecule has 2 N–H and O–H groups in total. The van der Waals surface area contributed by atoms with Crippen LogP contribution in [0.25, 0.3) is 0 Å². The van der Waals surface area contributed by atoms with Gasteiger partial charge in [0.25, 0.3) is 0 Å². The van der Waals surface area contributed by atoms with Gasteiger partial charge in [-0.05, 0) is 13.8 Å². The fourth-order valence-corrected chi connectivity index (χ4v) is 2.42. The summed E-state index contributed by atoms with van der Waals surface area (Å²) in [5, 5.41) is 0. The Bertz CT molecular complexity index is 286. The van der Waals surface area contributed by atoms with Crippen molar-refractivity contribution < 1.29 is 8.42 Å². The summed E-state index contributed by atoms with van der Waals surface area (Å²) >= 11 is 0. The lowest BCUT2D eigenvalue weighted by Gasteiger charge is -2.41. The van der Waals surface area contributed by atoms with Gasteiger partial charge < -0.3 is 5.73 Å². The third-order valence-electron chi connectivity index (χ3n) is 2.52. The molecule has 0 saturated carbocycles. The zero-order chi connectivity index (χ0) is 11.0. The summed E-state index contributed by atoms with van der Waals surface area (Å²) in [6.07, 6.45) is 1.25. The van der Waals surface area contributed by atoms with Crippen molar-refractivity contribution >= 4 is 10.0 Å². The molecule has 0 atom stereocenters. The van der Waals surface area contributed by atoms with Crippen molar-refractivity contribution in [1.82, 2.24) is 9.21 Å². The van der Waals surface area contributed by atoms with Crippen molar-refractivity contribution in [1.29, 1.82) is 0 Å². The SMILES string of the molecule is CC(C)(N)N1CCN(S(C)(=O)=O)CC1. The largest absolute Gasteiger partial charge is 0.314 e. The number of hydrogen-bond acceptors (Lipinski definition) is 4. The van der Waals surface area contributed by atoms with E-state index in [9.17, 15) is 8.42 Å². The third-order valence-corrected chi connectivity index (χ3v) is 3.83. The summed E-state index contributed by atoms with van der Waals surface area (Å²) in [7, 11) is -3.03. The molecule has 6 heteroatoms. The van der Waals surface area contributed by atoms with Crippen molar-refractivity contribution in [3.63, 3.8) is 0 Å². The van der Waals surface area contributed by atoms with Crippen LogP contribution in [0.2, 0.25) is 0 Å². The van der Waals surface area contributed by atoms with Gasteiger partial charge in [-0.15, -0.1) is 0 Å². The van der Waals surface area contributed by atoms with Gasteiger partial charge in [-0.3, -0.25) is 4.90 Å². The Balaban J connectivity index is 2.56. The average molecular weight is 221 g/mol. The molecule has 0 spiro atoms. The van der Waals surface area contributed by atoms with E-state index < -0.39 is 10.0 Å². The highest BCUT2D eigenvalue weighted by Crippen LogP contribution is 2.12. The molecule has 0 aromatic carbocycles. The molecule has 5 nitrogen and oxygen atoms in total. The number of piperazine rings is 1. The number of rotatable bonds is 2. The highest BCUT2D eigenvalue weighted by atomic mass is 32.2. The molecule has 1 rings (SSSR count). The summed E-state index contributed by atoms with van der Waals surface area (Å²) < 4.78 is 23.9. The van der Waals surface area contributed by atoms with Gasteiger partial charge >= 0.3 is 0 Å². The first kappa shape index (κ1) is 11.9. The first-order valence-corrected chi connectivity index (χ1v) is 6.55. The molecular formula is C8H19N3O2S. The molecule has 14 heavy (non-hydrogen) atoms. The topological polar surface area (TPSA) is 66.6 Å². The normalized spacial score (nSPS) is 22.6. The Labute approximate surface area is 85.9 Å². The number of sulfonamides is 1. The lowest BCUT2D eigenvalue weighted by Crippen LogP contribution is -2.59. The van der Waals surface area contributed by atoms with Crippen LogP contribution in [0, 0.1) is 0 Å². The van der Waals surface area contributed by atoms with E-state index in [0.717, 1.165) is 0 Å². The van der Waals surface area contributed by atoms with Gasteiger partial charge in [0.2, 0.25) is 10.0 Å². The summed E-state index contributed by atoms with van der Waals surface area (Å²) in [4.78, 5) is 2.09. The van der Waals surface area contributed by atoms with Gasteiger partial charge in [-0.2, -0.15) is 4.31 Å². The van der Waals surface area contributed by atoms with E-state index in [-0.39, 0.29) is 5.66 Å². The van der Waals surface area contributed by atoms with E-state index in [1.807, 2.05) is 13.8 Å². The number of nitrogens with zero attached hydrogens (tertiary/aromatic N) is 2. The van der Waals surface area contributed by atoms with Gasteiger partial charge in [0.05, 0.1) is 11.9 Å². The van der Waals surface area contributed by atoms with Gasteiger partial charge in [-0.25, -0.2) is 8.42 Å². The molecule has 1 aliphatic heterocycles. The molecule has 0 amide bonds. The zero-order valence-corrected chi connectivity index (χ0v) is 9.84. The van der Waals surface area contributed by atoms with Crippen LogP contribution in [-0.4, -0.2) is 55.7 Å². The van der Waals surface area contributed by atoms with Gasteiger partial charge in [0, 0.05) is 26.2 Å². The van der Waals surface area contributed by atoms with E-state index in [2.05, 4.69) is 4.90 Å². The van der Waals surface area contributed by atoms with Crippen molar-refractivity contribution in [3.05, 3.63) is 0 Å². The molecule has 1 fully saturated rings. The third kappa shape index (κ3) is 2.91. The van der Waals surface area contributed by atoms with Crippen LogP contribution >= 0.6 is 0 Å². The minimum absolute atomic E-state index is 0.358. The Morgan fingerprint density at radius 1 is 1.14 bits per heavy atom. The van der Waals surface area contributed by atoms with Gasteiger partial charge in [0.1, 0.15) is 0 Å². The number of nitrogens with two attached hydrogens (primary N) is 1. The van der Waals surface area contributed by atoms with Gasteiger partial charge in [-0.1, -0.05) is 0 Å². The molecule has 0 unspecified atom stereocenters. The summed E-state index contributed by atoms with van der Waals surface area (Å²) in [5.41, 5.74) is 5.57. The maximum atomic E-state index is 11.2. The first-order chi connectivity index (χ1) is 6.21. The second-order valence-corrected chi connectivity index (χ2v) is 6.29. The van der Waals surface area contributed by atoms with E-state index in [0.29, 0.717) is 26.2 Å². The standard InChI is InChI=1S/C8H19N3O2S/c1-8(2,9)10-4-6-11(7-5-10)14(3,12)13/h4-7,9H2,1-3H3. The Hall–Kier alpha value is -0.170. The van der Waals surface area contributed by atoms with Crippen molar-refractivity contribution in [3.8, 4) is 0 Å². The minimum Gasteiger partial charge on any atom is -0.314 e.